The van der Waals surface area contributed by atoms with E-state index in [9.17, 15) is 9.59 Å². The predicted octanol–water partition coefficient (Wildman–Crippen LogP) is 3.45. The van der Waals surface area contributed by atoms with E-state index in [2.05, 4.69) is 10.6 Å². The van der Waals surface area contributed by atoms with Gasteiger partial charge < -0.3 is 15.4 Å². The lowest BCUT2D eigenvalue weighted by Crippen LogP contribution is -2.49. The fourth-order valence-corrected chi connectivity index (χ4v) is 4.98. The third kappa shape index (κ3) is 3.33. The number of anilines is 2. The van der Waals surface area contributed by atoms with E-state index in [1.807, 2.05) is 43.3 Å². The van der Waals surface area contributed by atoms with Gasteiger partial charge in [-0.15, -0.1) is 0 Å². The number of rotatable bonds is 4. The Bertz CT molecular complexity index is 1120. The molecule has 0 spiro atoms. The summed E-state index contributed by atoms with van der Waals surface area (Å²) >= 11 is 11.4. The Morgan fingerprint density at radius 2 is 1.97 bits per heavy atom. The van der Waals surface area contributed by atoms with Gasteiger partial charge in [0.15, 0.2) is 5.11 Å². The van der Waals surface area contributed by atoms with E-state index in [-0.39, 0.29) is 18.4 Å². The Morgan fingerprint density at radius 1 is 1.19 bits per heavy atom. The molecule has 2 fully saturated rings. The summed E-state index contributed by atoms with van der Waals surface area (Å²) in [5.41, 5.74) is 1.60. The van der Waals surface area contributed by atoms with Crippen molar-refractivity contribution in [2.45, 2.75) is 18.6 Å². The van der Waals surface area contributed by atoms with Crippen LogP contribution in [0.15, 0.2) is 60.7 Å². The number of carbonyl (C=O) groups excluding carboxylic acids is 2. The number of ether oxygens (including phenoxy) is 1. The van der Waals surface area contributed by atoms with E-state index in [4.69, 9.17) is 28.6 Å². The van der Waals surface area contributed by atoms with Gasteiger partial charge in [-0.1, -0.05) is 35.9 Å². The number of imide groups is 1. The number of thiocarbonyl (C=S) groups is 1. The molecule has 3 aliphatic heterocycles. The standard InChI is InChI=1S/C23H20ClN3O3S/c1-13-3-2-4-15(11-13)26-22(31)25-12-23-10-9-17(30-23)18-19(23)21(29)27(20(18)28)16-7-5-14(24)6-8-16/h2-11,17-19H,12H2,1H3,(H2,25,26,31)/t17-,18-,19-,23-/m1/s1. The van der Waals surface area contributed by atoms with Gasteiger partial charge in [-0.2, -0.15) is 0 Å². The summed E-state index contributed by atoms with van der Waals surface area (Å²) < 4.78 is 6.14. The molecule has 4 atom stereocenters. The van der Waals surface area contributed by atoms with E-state index < -0.39 is 23.5 Å². The van der Waals surface area contributed by atoms with Crippen LogP contribution in [0.25, 0.3) is 0 Å². The number of hydrogen-bond acceptors (Lipinski definition) is 4. The fourth-order valence-electron chi connectivity index (χ4n) is 4.67. The lowest BCUT2D eigenvalue weighted by atomic mass is 9.77. The molecule has 2 saturated heterocycles. The average Bonchev–Trinajstić information content (AvgIpc) is 3.38. The molecular formula is C23H20ClN3O3S. The quantitative estimate of drug-likeness (QED) is 0.420. The molecule has 6 nitrogen and oxygen atoms in total. The number of amides is 2. The summed E-state index contributed by atoms with van der Waals surface area (Å²) in [5.74, 6) is -1.63. The van der Waals surface area contributed by atoms with Crippen molar-refractivity contribution in [1.82, 2.24) is 5.32 Å². The topological polar surface area (TPSA) is 70.7 Å². The van der Waals surface area contributed by atoms with Gasteiger partial charge >= 0.3 is 0 Å². The van der Waals surface area contributed by atoms with Gasteiger partial charge in [0.25, 0.3) is 0 Å². The van der Waals surface area contributed by atoms with Gasteiger partial charge in [-0.3, -0.25) is 9.59 Å². The highest BCUT2D eigenvalue weighted by Gasteiger charge is 2.67. The van der Waals surface area contributed by atoms with E-state index >= 15 is 0 Å². The maximum Gasteiger partial charge on any atom is 0.241 e. The summed E-state index contributed by atoms with van der Waals surface area (Å²) in [6.45, 7) is 2.29. The highest BCUT2D eigenvalue weighted by Crippen LogP contribution is 2.52. The Morgan fingerprint density at radius 3 is 2.71 bits per heavy atom. The van der Waals surface area contributed by atoms with E-state index in [0.717, 1.165) is 11.3 Å². The van der Waals surface area contributed by atoms with Crippen LogP contribution in [0.5, 0.6) is 0 Å². The van der Waals surface area contributed by atoms with Crippen LogP contribution in [0.2, 0.25) is 5.02 Å². The van der Waals surface area contributed by atoms with Crippen LogP contribution < -0.4 is 15.5 Å². The summed E-state index contributed by atoms with van der Waals surface area (Å²) in [4.78, 5) is 27.7. The molecule has 0 saturated carbocycles. The number of hydrogen-bond donors (Lipinski definition) is 2. The van der Waals surface area contributed by atoms with Crippen LogP contribution in [-0.2, 0) is 14.3 Å². The Balaban J connectivity index is 1.34. The van der Waals surface area contributed by atoms with Gasteiger partial charge in [0.05, 0.1) is 30.2 Å². The molecule has 0 radical (unpaired) electrons. The van der Waals surface area contributed by atoms with Crippen molar-refractivity contribution < 1.29 is 14.3 Å². The van der Waals surface area contributed by atoms with Gasteiger partial charge in [-0.05, 0) is 61.1 Å². The second-order valence-corrected chi connectivity index (χ2v) is 8.91. The number of fused-ring (bicyclic) bond motifs is 5. The van der Waals surface area contributed by atoms with Crippen molar-refractivity contribution in [2.75, 3.05) is 16.8 Å². The molecule has 3 aliphatic rings. The summed E-state index contributed by atoms with van der Waals surface area (Å²) in [7, 11) is 0. The normalized spacial score (nSPS) is 28.2. The van der Waals surface area contributed by atoms with E-state index in [0.29, 0.717) is 15.8 Å². The molecule has 8 heteroatoms. The van der Waals surface area contributed by atoms with Crippen LogP contribution >= 0.6 is 23.8 Å². The van der Waals surface area contributed by atoms with Gasteiger partial charge in [0, 0.05) is 10.7 Å². The fraction of sp³-hybridized carbons (Fsp3) is 0.261. The molecule has 2 amide bonds. The van der Waals surface area contributed by atoms with Gasteiger partial charge in [-0.25, -0.2) is 4.90 Å². The van der Waals surface area contributed by atoms with Crippen molar-refractivity contribution in [1.29, 1.82) is 0 Å². The highest BCUT2D eigenvalue weighted by atomic mass is 35.5. The van der Waals surface area contributed by atoms with E-state index in [1.54, 1.807) is 24.3 Å². The number of halogens is 1. The molecule has 31 heavy (non-hydrogen) atoms. The summed E-state index contributed by atoms with van der Waals surface area (Å²) in [5, 5.41) is 7.28. The number of nitrogens with one attached hydrogen (secondary N) is 2. The molecule has 5 rings (SSSR count). The first-order valence-corrected chi connectivity index (χ1v) is 10.8. The van der Waals surface area contributed by atoms with Crippen molar-refractivity contribution in [3.8, 4) is 0 Å². The third-order valence-corrected chi connectivity index (χ3v) is 6.54. The maximum atomic E-state index is 13.3. The van der Waals surface area contributed by atoms with Crippen LogP contribution in [0, 0.1) is 18.8 Å². The highest BCUT2D eigenvalue weighted by molar-refractivity contribution is 7.80. The average molecular weight is 454 g/mol. The predicted molar refractivity (Wildman–Crippen MR) is 123 cm³/mol. The van der Waals surface area contributed by atoms with E-state index in [1.165, 1.54) is 4.90 Å². The molecule has 158 valence electrons. The first-order chi connectivity index (χ1) is 14.9. The first-order valence-electron chi connectivity index (χ1n) is 10.00. The molecule has 0 aliphatic carbocycles. The van der Waals surface area contributed by atoms with Crippen LogP contribution in [0.4, 0.5) is 11.4 Å². The van der Waals surface area contributed by atoms with Crippen molar-refractivity contribution in [3.05, 3.63) is 71.3 Å². The van der Waals surface area contributed by atoms with Crippen LogP contribution in [0.1, 0.15) is 5.56 Å². The number of benzene rings is 2. The van der Waals surface area contributed by atoms with Crippen molar-refractivity contribution in [2.24, 2.45) is 11.8 Å². The Kier molecular flexibility index (Phi) is 4.84. The number of nitrogens with zero attached hydrogens (tertiary/aromatic N) is 1. The molecule has 2 N–H and O–H groups in total. The monoisotopic (exact) mass is 453 g/mol. The molecular weight excluding hydrogens is 434 g/mol. The minimum atomic E-state index is -0.915. The number of carbonyl (C=O) groups is 2. The lowest BCUT2D eigenvalue weighted by Gasteiger charge is -2.29. The molecule has 2 aromatic rings. The molecule has 0 aromatic heterocycles. The van der Waals surface area contributed by atoms with Crippen LogP contribution in [0.3, 0.4) is 0 Å². The molecule has 3 heterocycles. The summed E-state index contributed by atoms with van der Waals surface area (Å²) in [6.07, 6.45) is 3.34. The second kappa shape index (κ2) is 7.44. The zero-order chi connectivity index (χ0) is 21.8. The molecule has 2 aromatic carbocycles. The maximum absolute atomic E-state index is 13.3. The number of aryl methyl sites for hydroxylation is 1. The first kappa shape index (κ1) is 20.2. The largest absolute Gasteiger partial charge is 0.360 e. The molecule has 0 unspecified atom stereocenters. The van der Waals surface area contributed by atoms with Crippen LogP contribution in [-0.4, -0.2) is 35.2 Å². The second-order valence-electron chi connectivity index (χ2n) is 8.07. The zero-order valence-corrected chi connectivity index (χ0v) is 18.2. The minimum Gasteiger partial charge on any atom is -0.360 e. The lowest BCUT2D eigenvalue weighted by molar-refractivity contribution is -0.126. The van der Waals surface area contributed by atoms with Gasteiger partial charge in [0.1, 0.15) is 5.60 Å². The van der Waals surface area contributed by atoms with Gasteiger partial charge in [0.2, 0.25) is 11.8 Å². The van der Waals surface area contributed by atoms with Crippen molar-refractivity contribution >= 4 is 52.1 Å². The van der Waals surface area contributed by atoms with Crippen molar-refractivity contribution in [3.63, 3.8) is 0 Å². The smallest absolute Gasteiger partial charge is 0.241 e. The molecule has 2 bridgehead atoms. The third-order valence-electron chi connectivity index (χ3n) is 6.04. The summed E-state index contributed by atoms with van der Waals surface area (Å²) in [6, 6.07) is 14.6. The Labute approximate surface area is 190 Å². The minimum absolute atomic E-state index is 0.242. The SMILES string of the molecule is Cc1cccc(NC(=S)NC[C@@]23C=C[C@@H](O2)[C@H]2C(=O)N(c4ccc(Cl)cc4)C(=O)[C@@H]23)c1. The zero-order valence-electron chi connectivity index (χ0n) is 16.7. The Hall–Kier alpha value is -2.74.